The maximum Gasteiger partial charge on any atom is 0.141 e. The van der Waals surface area contributed by atoms with Gasteiger partial charge in [-0.2, -0.15) is 0 Å². The molecule has 2 nitrogen and oxygen atoms in total. The van der Waals surface area contributed by atoms with Crippen LogP contribution in [0, 0.1) is 5.41 Å². The van der Waals surface area contributed by atoms with Gasteiger partial charge in [0.1, 0.15) is 5.78 Å². The number of carbonyl (C=O) groups is 1. The summed E-state index contributed by atoms with van der Waals surface area (Å²) < 4.78 is 5.75. The number of hydrogen-bond donors (Lipinski definition) is 0. The van der Waals surface area contributed by atoms with Gasteiger partial charge in [-0.15, -0.1) is 0 Å². The van der Waals surface area contributed by atoms with Crippen molar-refractivity contribution in [3.8, 4) is 0 Å². The highest BCUT2D eigenvalue weighted by molar-refractivity contribution is 5.84. The minimum atomic E-state index is -0.282. The molecule has 1 aromatic carbocycles. The van der Waals surface area contributed by atoms with Crippen LogP contribution in [0.1, 0.15) is 44.4 Å². The highest BCUT2D eigenvalue weighted by Crippen LogP contribution is 2.32. The van der Waals surface area contributed by atoms with Crippen LogP contribution in [0.3, 0.4) is 0 Å². The Kier molecular flexibility index (Phi) is 3.34. The number of fused-ring (bicyclic) bond motifs is 1. The fourth-order valence-electron chi connectivity index (χ4n) is 2.12. The minimum Gasteiger partial charge on any atom is -0.373 e. The summed E-state index contributed by atoms with van der Waals surface area (Å²) >= 11 is 0. The first-order chi connectivity index (χ1) is 7.98. The minimum absolute atomic E-state index is 0.0494. The van der Waals surface area contributed by atoms with Crippen molar-refractivity contribution in [1.82, 2.24) is 0 Å². The molecule has 2 rings (SSSR count). The fourth-order valence-corrected chi connectivity index (χ4v) is 2.12. The lowest BCUT2D eigenvalue weighted by Gasteiger charge is -2.28. The predicted molar refractivity (Wildman–Crippen MR) is 67.9 cm³/mol. The second-order valence-electron chi connectivity index (χ2n) is 5.69. The quantitative estimate of drug-likeness (QED) is 0.782. The molecule has 17 heavy (non-hydrogen) atoms. The molecule has 0 saturated heterocycles. The Labute approximate surface area is 103 Å². The van der Waals surface area contributed by atoms with E-state index in [0.717, 1.165) is 13.0 Å². The number of ketones is 1. The molecule has 0 aromatic heterocycles. The smallest absolute Gasteiger partial charge is 0.141 e. The summed E-state index contributed by atoms with van der Waals surface area (Å²) in [5.41, 5.74) is 2.23. The van der Waals surface area contributed by atoms with Crippen molar-refractivity contribution < 1.29 is 9.53 Å². The molecule has 0 aliphatic carbocycles. The topological polar surface area (TPSA) is 26.3 Å². The molecule has 0 amide bonds. The average Bonchev–Trinajstić information content (AvgIpc) is 2.28. The van der Waals surface area contributed by atoms with Gasteiger partial charge in [-0.05, 0) is 17.5 Å². The van der Waals surface area contributed by atoms with Gasteiger partial charge in [-0.1, -0.05) is 45.0 Å². The summed E-state index contributed by atoms with van der Waals surface area (Å²) in [5, 5.41) is 0. The molecule has 1 unspecified atom stereocenters. The van der Waals surface area contributed by atoms with E-state index in [1.54, 1.807) is 0 Å². The van der Waals surface area contributed by atoms with Crippen LogP contribution in [0.5, 0.6) is 0 Å². The van der Waals surface area contributed by atoms with Crippen LogP contribution in [0.4, 0.5) is 0 Å². The van der Waals surface area contributed by atoms with E-state index in [1.807, 2.05) is 32.9 Å². The van der Waals surface area contributed by atoms with E-state index < -0.39 is 0 Å². The van der Waals surface area contributed by atoms with Crippen LogP contribution in [-0.4, -0.2) is 12.4 Å². The lowest BCUT2D eigenvalue weighted by molar-refractivity contribution is -0.129. The van der Waals surface area contributed by atoms with Crippen molar-refractivity contribution in [2.24, 2.45) is 5.41 Å². The summed E-state index contributed by atoms with van der Waals surface area (Å²) in [4.78, 5) is 12.1. The second kappa shape index (κ2) is 4.61. The summed E-state index contributed by atoms with van der Waals surface area (Å²) in [6.45, 7) is 6.61. The fraction of sp³-hybridized carbons (Fsp3) is 0.533. The number of rotatable bonds is 2. The van der Waals surface area contributed by atoms with Crippen molar-refractivity contribution in [1.29, 1.82) is 0 Å². The molecule has 0 radical (unpaired) electrons. The molecule has 2 heteroatoms. The van der Waals surface area contributed by atoms with Gasteiger partial charge in [0.25, 0.3) is 0 Å². The normalized spacial score (nSPS) is 19.8. The van der Waals surface area contributed by atoms with Crippen molar-refractivity contribution in [2.75, 3.05) is 6.61 Å². The van der Waals surface area contributed by atoms with Gasteiger partial charge in [-0.25, -0.2) is 0 Å². The molecule has 0 saturated carbocycles. The van der Waals surface area contributed by atoms with Gasteiger partial charge in [-0.3, -0.25) is 4.79 Å². The second-order valence-corrected chi connectivity index (χ2v) is 5.69. The van der Waals surface area contributed by atoms with E-state index in [2.05, 4.69) is 12.1 Å². The van der Waals surface area contributed by atoms with Gasteiger partial charge < -0.3 is 4.74 Å². The Morgan fingerprint density at radius 2 is 2.06 bits per heavy atom. The van der Waals surface area contributed by atoms with Gasteiger partial charge in [0, 0.05) is 11.8 Å². The Balaban J connectivity index is 2.17. The average molecular weight is 232 g/mol. The zero-order valence-corrected chi connectivity index (χ0v) is 10.8. The van der Waals surface area contributed by atoms with E-state index in [0.29, 0.717) is 6.42 Å². The number of Topliss-reactive ketones (excluding diaryl/α,β-unsaturated/α-hetero) is 1. The maximum atomic E-state index is 12.1. The largest absolute Gasteiger partial charge is 0.373 e. The van der Waals surface area contributed by atoms with Gasteiger partial charge >= 0.3 is 0 Å². The first-order valence-corrected chi connectivity index (χ1v) is 6.21. The molecule has 92 valence electrons. The van der Waals surface area contributed by atoms with Crippen LogP contribution in [0.15, 0.2) is 24.3 Å². The lowest BCUT2D eigenvalue weighted by atomic mass is 9.85. The van der Waals surface area contributed by atoms with E-state index in [-0.39, 0.29) is 17.3 Å². The van der Waals surface area contributed by atoms with E-state index >= 15 is 0 Å². The molecule has 1 heterocycles. The van der Waals surface area contributed by atoms with Gasteiger partial charge in [0.15, 0.2) is 0 Å². The molecule has 0 spiro atoms. The van der Waals surface area contributed by atoms with Gasteiger partial charge in [0.2, 0.25) is 0 Å². The highest BCUT2D eigenvalue weighted by atomic mass is 16.5. The molecule has 1 aliphatic heterocycles. The summed E-state index contributed by atoms with van der Waals surface area (Å²) in [6.07, 6.45) is 1.39. The molecular formula is C15H20O2. The molecular weight excluding hydrogens is 212 g/mol. The first-order valence-electron chi connectivity index (χ1n) is 6.21. The number of carbonyl (C=O) groups excluding carboxylic acids is 1. The standard InChI is InChI=1S/C15H20O2/c1-15(2,3)14(16)10-13-12-7-5-4-6-11(12)8-9-17-13/h4-7,13H,8-10H2,1-3H3. The Hall–Kier alpha value is -1.15. The SMILES string of the molecule is CC(C)(C)C(=O)CC1OCCc2ccccc21. The van der Waals surface area contributed by atoms with Crippen LogP contribution < -0.4 is 0 Å². The lowest BCUT2D eigenvalue weighted by Crippen LogP contribution is -2.25. The monoisotopic (exact) mass is 232 g/mol. The maximum absolute atomic E-state index is 12.1. The number of ether oxygens (including phenoxy) is 1. The van der Waals surface area contributed by atoms with Crippen molar-refractivity contribution in [2.45, 2.75) is 39.7 Å². The Morgan fingerprint density at radius 3 is 2.76 bits per heavy atom. The highest BCUT2D eigenvalue weighted by Gasteiger charge is 2.28. The van der Waals surface area contributed by atoms with E-state index in [1.165, 1.54) is 11.1 Å². The van der Waals surface area contributed by atoms with E-state index in [9.17, 15) is 4.79 Å². The molecule has 1 aromatic rings. The van der Waals surface area contributed by atoms with Crippen molar-refractivity contribution >= 4 is 5.78 Å². The third kappa shape index (κ3) is 2.75. The summed E-state index contributed by atoms with van der Waals surface area (Å²) in [7, 11) is 0. The predicted octanol–water partition coefficient (Wildman–Crippen LogP) is 3.31. The molecule has 1 atom stereocenters. The molecule has 1 aliphatic rings. The van der Waals surface area contributed by atoms with Crippen LogP contribution >= 0.6 is 0 Å². The third-order valence-corrected chi connectivity index (χ3v) is 3.30. The number of benzene rings is 1. The van der Waals surface area contributed by atoms with Crippen molar-refractivity contribution in [3.05, 3.63) is 35.4 Å². The third-order valence-electron chi connectivity index (χ3n) is 3.30. The van der Waals surface area contributed by atoms with Crippen LogP contribution in [-0.2, 0) is 16.0 Å². The molecule has 0 fully saturated rings. The number of hydrogen-bond acceptors (Lipinski definition) is 2. The zero-order valence-electron chi connectivity index (χ0n) is 10.8. The summed E-state index contributed by atoms with van der Waals surface area (Å²) in [5.74, 6) is 0.263. The zero-order chi connectivity index (χ0) is 12.5. The molecule has 0 bridgehead atoms. The molecule has 0 N–H and O–H groups in total. The van der Waals surface area contributed by atoms with Gasteiger partial charge in [0.05, 0.1) is 12.7 Å². The van der Waals surface area contributed by atoms with Crippen LogP contribution in [0.2, 0.25) is 0 Å². The van der Waals surface area contributed by atoms with Crippen molar-refractivity contribution in [3.63, 3.8) is 0 Å². The Morgan fingerprint density at radius 1 is 1.35 bits per heavy atom. The Bertz CT molecular complexity index is 415. The first kappa shape index (κ1) is 12.3. The van der Waals surface area contributed by atoms with Crippen LogP contribution in [0.25, 0.3) is 0 Å². The summed E-state index contributed by atoms with van der Waals surface area (Å²) in [6, 6.07) is 8.27. The van der Waals surface area contributed by atoms with E-state index in [4.69, 9.17) is 4.74 Å².